The zero-order chi connectivity index (χ0) is 18.4. The van der Waals surface area contributed by atoms with Crippen LogP contribution in [0.4, 0.5) is 0 Å². The van der Waals surface area contributed by atoms with Gasteiger partial charge in [0.1, 0.15) is 5.75 Å². The topological polar surface area (TPSA) is 88.0 Å². The predicted octanol–water partition coefficient (Wildman–Crippen LogP) is 3.29. The van der Waals surface area contributed by atoms with E-state index < -0.39 is 5.97 Å². The molecular formula is C18H17BrN2O4. The van der Waals surface area contributed by atoms with Gasteiger partial charge < -0.3 is 9.84 Å². The van der Waals surface area contributed by atoms with Gasteiger partial charge in [-0.3, -0.25) is 4.79 Å². The third-order valence-electron chi connectivity index (χ3n) is 3.33. The molecule has 25 heavy (non-hydrogen) atoms. The van der Waals surface area contributed by atoms with Crippen LogP contribution in [-0.2, 0) is 4.79 Å². The molecule has 2 N–H and O–H groups in total. The predicted molar refractivity (Wildman–Crippen MR) is 98.2 cm³/mol. The quantitative estimate of drug-likeness (QED) is 0.570. The minimum absolute atomic E-state index is 0.154. The summed E-state index contributed by atoms with van der Waals surface area (Å²) in [6.07, 6.45) is 1.43. The zero-order valence-corrected chi connectivity index (χ0v) is 15.3. The zero-order valence-electron chi connectivity index (χ0n) is 13.7. The summed E-state index contributed by atoms with van der Waals surface area (Å²) < 4.78 is 6.51. The fourth-order valence-electron chi connectivity index (χ4n) is 2.19. The van der Waals surface area contributed by atoms with Crippen molar-refractivity contribution in [2.75, 3.05) is 6.61 Å². The van der Waals surface area contributed by atoms with Crippen LogP contribution in [0.25, 0.3) is 0 Å². The molecule has 0 unspecified atom stereocenters. The van der Waals surface area contributed by atoms with Crippen molar-refractivity contribution in [2.45, 2.75) is 13.8 Å². The van der Waals surface area contributed by atoms with Crippen molar-refractivity contribution in [3.8, 4) is 5.75 Å². The van der Waals surface area contributed by atoms with E-state index in [1.54, 1.807) is 12.1 Å². The highest BCUT2D eigenvalue weighted by molar-refractivity contribution is 9.10. The number of carbonyl (C=O) groups excluding carboxylic acids is 1. The number of rotatable bonds is 6. The van der Waals surface area contributed by atoms with Crippen LogP contribution in [0.15, 0.2) is 46.0 Å². The standard InChI is InChI=1S/C18H17BrN2O4/c1-11-7-15(19)8-12(2)17(11)25-10-16(22)21-20-9-13-3-5-14(6-4-13)18(23)24/h3-9H,10H2,1-2H3,(H,21,22)(H,23,24)/b20-9+. The van der Waals surface area contributed by atoms with E-state index in [0.29, 0.717) is 11.3 Å². The molecule has 0 aromatic heterocycles. The summed E-state index contributed by atoms with van der Waals surface area (Å²) in [5.74, 6) is -0.709. The molecule has 1 amide bonds. The summed E-state index contributed by atoms with van der Waals surface area (Å²) in [6.45, 7) is 3.66. The highest BCUT2D eigenvalue weighted by atomic mass is 79.9. The molecule has 130 valence electrons. The molecule has 0 aliphatic heterocycles. The molecule has 0 saturated heterocycles. The average molecular weight is 405 g/mol. The minimum Gasteiger partial charge on any atom is -0.483 e. The van der Waals surface area contributed by atoms with Gasteiger partial charge in [-0.2, -0.15) is 5.10 Å². The van der Waals surface area contributed by atoms with E-state index >= 15 is 0 Å². The molecule has 0 aliphatic rings. The second-order valence-corrected chi connectivity index (χ2v) is 6.29. The van der Waals surface area contributed by atoms with E-state index in [1.165, 1.54) is 18.3 Å². The van der Waals surface area contributed by atoms with Crippen LogP contribution >= 0.6 is 15.9 Å². The normalized spacial score (nSPS) is 10.7. The van der Waals surface area contributed by atoms with Gasteiger partial charge >= 0.3 is 5.97 Å². The number of aryl methyl sites for hydroxylation is 2. The first kappa shape index (κ1) is 18.7. The van der Waals surface area contributed by atoms with E-state index in [2.05, 4.69) is 26.5 Å². The number of halogens is 1. The smallest absolute Gasteiger partial charge is 0.335 e. The average Bonchev–Trinajstić information content (AvgIpc) is 2.54. The number of hydrogen-bond acceptors (Lipinski definition) is 4. The molecular weight excluding hydrogens is 388 g/mol. The maximum Gasteiger partial charge on any atom is 0.335 e. The molecule has 0 spiro atoms. The molecule has 0 radical (unpaired) electrons. The Balaban J connectivity index is 1.87. The first-order valence-electron chi connectivity index (χ1n) is 7.41. The maximum atomic E-state index is 11.8. The summed E-state index contributed by atoms with van der Waals surface area (Å²) in [4.78, 5) is 22.6. The Morgan fingerprint density at radius 1 is 1.20 bits per heavy atom. The molecule has 0 atom stereocenters. The van der Waals surface area contributed by atoms with Crippen LogP contribution in [0.5, 0.6) is 5.75 Å². The highest BCUT2D eigenvalue weighted by Crippen LogP contribution is 2.27. The first-order chi connectivity index (χ1) is 11.9. The summed E-state index contributed by atoms with van der Waals surface area (Å²) in [7, 11) is 0. The van der Waals surface area contributed by atoms with E-state index in [1.807, 2.05) is 26.0 Å². The summed E-state index contributed by atoms with van der Waals surface area (Å²) >= 11 is 3.41. The van der Waals surface area contributed by atoms with Crippen LogP contribution in [0.1, 0.15) is 27.0 Å². The van der Waals surface area contributed by atoms with E-state index in [4.69, 9.17) is 9.84 Å². The fraction of sp³-hybridized carbons (Fsp3) is 0.167. The summed E-state index contributed by atoms with van der Waals surface area (Å²) in [5, 5.41) is 12.7. The van der Waals surface area contributed by atoms with Crippen molar-refractivity contribution in [3.63, 3.8) is 0 Å². The Hall–Kier alpha value is -2.67. The summed E-state index contributed by atoms with van der Waals surface area (Å²) in [6, 6.07) is 9.97. The van der Waals surface area contributed by atoms with Crippen LogP contribution < -0.4 is 10.2 Å². The first-order valence-corrected chi connectivity index (χ1v) is 8.21. The van der Waals surface area contributed by atoms with Gasteiger partial charge in [-0.1, -0.05) is 28.1 Å². The van der Waals surface area contributed by atoms with Gasteiger partial charge in [0.15, 0.2) is 6.61 Å². The number of carbonyl (C=O) groups is 2. The van der Waals surface area contributed by atoms with E-state index in [0.717, 1.165) is 15.6 Å². The number of carboxylic acid groups (broad SMARTS) is 1. The Morgan fingerprint density at radius 2 is 1.80 bits per heavy atom. The number of ether oxygens (including phenoxy) is 1. The molecule has 0 bridgehead atoms. The third-order valence-corrected chi connectivity index (χ3v) is 3.79. The lowest BCUT2D eigenvalue weighted by Crippen LogP contribution is -2.25. The van der Waals surface area contributed by atoms with Crippen LogP contribution in [0.2, 0.25) is 0 Å². The Bertz CT molecular complexity index is 793. The van der Waals surface area contributed by atoms with Gasteiger partial charge in [-0.15, -0.1) is 0 Å². The molecule has 0 saturated carbocycles. The Morgan fingerprint density at radius 3 is 2.36 bits per heavy atom. The van der Waals surface area contributed by atoms with Crippen LogP contribution in [-0.4, -0.2) is 29.8 Å². The van der Waals surface area contributed by atoms with Gasteiger partial charge in [-0.25, -0.2) is 10.2 Å². The van der Waals surface area contributed by atoms with Crippen molar-refractivity contribution in [1.82, 2.24) is 5.43 Å². The molecule has 2 aromatic rings. The third kappa shape index (κ3) is 5.42. The van der Waals surface area contributed by atoms with Crippen molar-refractivity contribution < 1.29 is 19.4 Å². The van der Waals surface area contributed by atoms with E-state index in [9.17, 15) is 9.59 Å². The fourth-order valence-corrected chi connectivity index (χ4v) is 2.87. The van der Waals surface area contributed by atoms with Crippen molar-refractivity contribution in [1.29, 1.82) is 0 Å². The second-order valence-electron chi connectivity index (χ2n) is 5.38. The molecule has 0 fully saturated rings. The van der Waals surface area contributed by atoms with Gasteiger partial charge in [0, 0.05) is 4.47 Å². The number of amides is 1. The number of benzene rings is 2. The molecule has 2 aromatic carbocycles. The molecule has 6 nitrogen and oxygen atoms in total. The largest absolute Gasteiger partial charge is 0.483 e. The lowest BCUT2D eigenvalue weighted by Gasteiger charge is -2.11. The van der Waals surface area contributed by atoms with Crippen LogP contribution in [0.3, 0.4) is 0 Å². The molecule has 2 rings (SSSR count). The summed E-state index contributed by atoms with van der Waals surface area (Å²) in [5.41, 5.74) is 5.09. The number of hydrogen-bond donors (Lipinski definition) is 2. The number of nitrogens with zero attached hydrogens (tertiary/aromatic N) is 1. The van der Waals surface area contributed by atoms with Gasteiger partial charge in [0.2, 0.25) is 0 Å². The Kier molecular flexibility index (Phi) is 6.30. The number of carboxylic acids is 1. The second kappa shape index (κ2) is 8.43. The van der Waals surface area contributed by atoms with Gasteiger partial charge in [0.25, 0.3) is 5.91 Å². The molecule has 0 aliphatic carbocycles. The van der Waals surface area contributed by atoms with Crippen molar-refractivity contribution in [2.24, 2.45) is 5.10 Å². The lowest BCUT2D eigenvalue weighted by molar-refractivity contribution is -0.123. The molecule has 7 heteroatoms. The monoisotopic (exact) mass is 404 g/mol. The SMILES string of the molecule is Cc1cc(Br)cc(C)c1OCC(=O)N/N=C/c1ccc(C(=O)O)cc1. The maximum absolute atomic E-state index is 11.8. The van der Waals surface area contributed by atoms with E-state index in [-0.39, 0.29) is 18.1 Å². The number of nitrogens with one attached hydrogen (secondary N) is 1. The number of hydrazone groups is 1. The lowest BCUT2D eigenvalue weighted by atomic mass is 10.1. The van der Waals surface area contributed by atoms with Gasteiger partial charge in [-0.05, 0) is 54.8 Å². The Labute approximate surface area is 153 Å². The van der Waals surface area contributed by atoms with Crippen LogP contribution in [0, 0.1) is 13.8 Å². The van der Waals surface area contributed by atoms with Crippen molar-refractivity contribution in [3.05, 3.63) is 63.1 Å². The number of aromatic carboxylic acids is 1. The molecule has 0 heterocycles. The highest BCUT2D eigenvalue weighted by Gasteiger charge is 2.08. The van der Waals surface area contributed by atoms with Gasteiger partial charge in [0.05, 0.1) is 11.8 Å². The minimum atomic E-state index is -0.993. The van der Waals surface area contributed by atoms with Crippen molar-refractivity contribution >= 4 is 34.0 Å².